The minimum Gasteiger partial charge on any atom is -0.463 e. The van der Waals surface area contributed by atoms with Crippen molar-refractivity contribution < 1.29 is 14.3 Å². The standard InChI is InChI=1S/C12H14O3/c1-7-5-8(2)10(9(3)6-7)11(13)12(14)15-4/h5-6H,1-4H3. The average Bonchev–Trinajstić information content (AvgIpc) is 2.14. The van der Waals surface area contributed by atoms with Gasteiger partial charge in [-0.05, 0) is 31.9 Å². The number of ketones is 1. The van der Waals surface area contributed by atoms with Gasteiger partial charge >= 0.3 is 5.97 Å². The van der Waals surface area contributed by atoms with Crippen LogP contribution in [-0.2, 0) is 9.53 Å². The van der Waals surface area contributed by atoms with Gasteiger partial charge < -0.3 is 4.74 Å². The molecular weight excluding hydrogens is 192 g/mol. The second kappa shape index (κ2) is 4.26. The fraction of sp³-hybridized carbons (Fsp3) is 0.333. The summed E-state index contributed by atoms with van der Waals surface area (Å²) in [4.78, 5) is 22.8. The summed E-state index contributed by atoms with van der Waals surface area (Å²) in [7, 11) is 1.21. The Bertz CT molecular complexity index is 396. The zero-order valence-corrected chi connectivity index (χ0v) is 9.38. The molecule has 0 aliphatic carbocycles. The molecule has 3 heteroatoms. The van der Waals surface area contributed by atoms with E-state index >= 15 is 0 Å². The van der Waals surface area contributed by atoms with Crippen molar-refractivity contribution in [3.63, 3.8) is 0 Å². The molecule has 0 atom stereocenters. The first-order valence-corrected chi connectivity index (χ1v) is 4.68. The smallest absolute Gasteiger partial charge is 0.379 e. The first-order valence-electron chi connectivity index (χ1n) is 4.68. The summed E-state index contributed by atoms with van der Waals surface area (Å²) in [5.74, 6) is -1.39. The lowest BCUT2D eigenvalue weighted by atomic mass is 9.97. The van der Waals surface area contributed by atoms with E-state index in [1.807, 2.05) is 32.9 Å². The number of methoxy groups -OCH3 is 1. The summed E-state index contributed by atoms with van der Waals surface area (Å²) in [6.45, 7) is 5.58. The Hall–Kier alpha value is -1.64. The van der Waals surface area contributed by atoms with E-state index in [0.717, 1.165) is 16.7 Å². The minimum absolute atomic E-state index is 0.451. The van der Waals surface area contributed by atoms with Crippen LogP contribution in [0.1, 0.15) is 27.0 Å². The highest BCUT2D eigenvalue weighted by molar-refractivity contribution is 6.41. The van der Waals surface area contributed by atoms with Crippen LogP contribution in [0, 0.1) is 20.8 Å². The predicted molar refractivity (Wildman–Crippen MR) is 57.0 cm³/mol. The second-order valence-electron chi connectivity index (χ2n) is 3.59. The van der Waals surface area contributed by atoms with Gasteiger partial charge in [0.2, 0.25) is 0 Å². The number of Topliss-reactive ketones (excluding diaryl/α,β-unsaturated/α-hetero) is 1. The summed E-state index contributed by atoms with van der Waals surface area (Å²) in [5.41, 5.74) is 3.14. The molecule has 0 aliphatic heterocycles. The van der Waals surface area contributed by atoms with Gasteiger partial charge in [-0.2, -0.15) is 0 Å². The van der Waals surface area contributed by atoms with Gasteiger partial charge in [0.15, 0.2) is 0 Å². The molecule has 1 rings (SSSR count). The van der Waals surface area contributed by atoms with Crippen LogP contribution in [0.3, 0.4) is 0 Å². The third-order valence-corrected chi connectivity index (χ3v) is 2.27. The molecule has 0 radical (unpaired) electrons. The van der Waals surface area contributed by atoms with Gasteiger partial charge in [-0.25, -0.2) is 4.79 Å². The van der Waals surface area contributed by atoms with Gasteiger partial charge in [0.1, 0.15) is 0 Å². The maximum Gasteiger partial charge on any atom is 0.379 e. The van der Waals surface area contributed by atoms with E-state index in [2.05, 4.69) is 4.74 Å². The summed E-state index contributed by atoms with van der Waals surface area (Å²) in [5, 5.41) is 0. The van der Waals surface area contributed by atoms with E-state index in [9.17, 15) is 9.59 Å². The third-order valence-electron chi connectivity index (χ3n) is 2.27. The summed E-state index contributed by atoms with van der Waals surface area (Å²) >= 11 is 0. The van der Waals surface area contributed by atoms with E-state index in [4.69, 9.17) is 0 Å². The number of hydrogen-bond acceptors (Lipinski definition) is 3. The molecule has 0 saturated heterocycles. The molecule has 0 spiro atoms. The van der Waals surface area contributed by atoms with Gasteiger partial charge in [0, 0.05) is 5.56 Å². The maximum atomic E-state index is 11.7. The zero-order chi connectivity index (χ0) is 11.6. The van der Waals surface area contributed by atoms with Crippen LogP contribution in [0.25, 0.3) is 0 Å². The van der Waals surface area contributed by atoms with E-state index in [1.54, 1.807) is 0 Å². The summed E-state index contributed by atoms with van der Waals surface area (Å²) < 4.78 is 4.42. The monoisotopic (exact) mass is 206 g/mol. The van der Waals surface area contributed by atoms with Crippen LogP contribution in [0.2, 0.25) is 0 Å². The van der Waals surface area contributed by atoms with Crippen molar-refractivity contribution in [2.75, 3.05) is 7.11 Å². The van der Waals surface area contributed by atoms with Gasteiger partial charge in [0.05, 0.1) is 7.11 Å². The van der Waals surface area contributed by atoms with E-state index < -0.39 is 11.8 Å². The normalized spacial score (nSPS) is 9.87. The fourth-order valence-electron chi connectivity index (χ4n) is 1.73. The molecule has 0 heterocycles. The van der Waals surface area contributed by atoms with Crippen LogP contribution in [0.5, 0.6) is 0 Å². The highest BCUT2D eigenvalue weighted by atomic mass is 16.5. The first-order chi connectivity index (χ1) is 6.97. The Morgan fingerprint density at radius 1 is 1.07 bits per heavy atom. The zero-order valence-electron chi connectivity index (χ0n) is 9.38. The lowest BCUT2D eigenvalue weighted by Gasteiger charge is -2.08. The number of carbonyl (C=O) groups excluding carboxylic acids is 2. The van der Waals surface area contributed by atoms with Gasteiger partial charge in [0.25, 0.3) is 5.78 Å². The van der Waals surface area contributed by atoms with Crippen LogP contribution in [0.4, 0.5) is 0 Å². The van der Waals surface area contributed by atoms with E-state index in [1.165, 1.54) is 7.11 Å². The molecule has 15 heavy (non-hydrogen) atoms. The highest BCUT2D eigenvalue weighted by Gasteiger charge is 2.20. The Balaban J connectivity index is 3.26. The average molecular weight is 206 g/mol. The molecule has 3 nitrogen and oxygen atoms in total. The van der Waals surface area contributed by atoms with Crippen molar-refractivity contribution in [2.45, 2.75) is 20.8 Å². The summed E-state index contributed by atoms with van der Waals surface area (Å²) in [6, 6.07) is 3.76. The van der Waals surface area contributed by atoms with Crippen LogP contribution >= 0.6 is 0 Å². The molecule has 1 aromatic carbocycles. The molecule has 0 saturated carbocycles. The largest absolute Gasteiger partial charge is 0.463 e. The van der Waals surface area contributed by atoms with Crippen molar-refractivity contribution in [3.05, 3.63) is 34.4 Å². The molecule has 0 unspecified atom stereocenters. The van der Waals surface area contributed by atoms with Gasteiger partial charge in [-0.3, -0.25) is 4.79 Å². The fourth-order valence-corrected chi connectivity index (χ4v) is 1.73. The number of rotatable bonds is 2. The first kappa shape index (κ1) is 11.4. The number of hydrogen-bond donors (Lipinski definition) is 0. The molecule has 0 fully saturated rings. The predicted octanol–water partition coefficient (Wildman–Crippen LogP) is 1.97. The maximum absolute atomic E-state index is 11.7. The number of ether oxygens (including phenoxy) is 1. The molecular formula is C12H14O3. The number of carbonyl (C=O) groups is 2. The molecule has 0 N–H and O–H groups in total. The highest BCUT2D eigenvalue weighted by Crippen LogP contribution is 2.17. The SMILES string of the molecule is COC(=O)C(=O)c1c(C)cc(C)cc1C. The number of esters is 1. The molecule has 0 amide bonds. The van der Waals surface area contributed by atoms with Crippen molar-refractivity contribution in [1.82, 2.24) is 0 Å². The topological polar surface area (TPSA) is 43.4 Å². The summed E-state index contributed by atoms with van der Waals surface area (Å²) in [6.07, 6.45) is 0. The van der Waals surface area contributed by atoms with Gasteiger partial charge in [-0.15, -0.1) is 0 Å². The molecule has 0 aliphatic rings. The molecule has 80 valence electrons. The lowest BCUT2D eigenvalue weighted by molar-refractivity contribution is -0.135. The van der Waals surface area contributed by atoms with Crippen molar-refractivity contribution in [1.29, 1.82) is 0 Å². The minimum atomic E-state index is -0.815. The van der Waals surface area contributed by atoms with Crippen molar-refractivity contribution >= 4 is 11.8 Å². The Morgan fingerprint density at radius 3 is 1.93 bits per heavy atom. The van der Waals surface area contributed by atoms with Crippen LogP contribution in [-0.4, -0.2) is 18.9 Å². The quantitative estimate of drug-likeness (QED) is 0.422. The molecule has 0 bridgehead atoms. The van der Waals surface area contributed by atoms with Crippen LogP contribution in [0.15, 0.2) is 12.1 Å². The van der Waals surface area contributed by atoms with E-state index in [0.29, 0.717) is 5.56 Å². The number of benzene rings is 1. The second-order valence-corrected chi connectivity index (χ2v) is 3.59. The Labute approximate surface area is 89.1 Å². The van der Waals surface area contributed by atoms with Crippen molar-refractivity contribution in [3.8, 4) is 0 Å². The molecule has 0 aromatic heterocycles. The Kier molecular flexibility index (Phi) is 3.24. The van der Waals surface area contributed by atoms with Crippen LogP contribution < -0.4 is 0 Å². The third kappa shape index (κ3) is 2.24. The van der Waals surface area contributed by atoms with Crippen molar-refractivity contribution in [2.24, 2.45) is 0 Å². The van der Waals surface area contributed by atoms with Gasteiger partial charge in [-0.1, -0.05) is 17.7 Å². The molecule has 1 aromatic rings. The Morgan fingerprint density at radius 2 is 1.53 bits per heavy atom. The lowest BCUT2D eigenvalue weighted by Crippen LogP contribution is -2.18. The number of aryl methyl sites for hydroxylation is 3. The van der Waals surface area contributed by atoms with E-state index in [-0.39, 0.29) is 0 Å².